The SMILES string of the molecule is CCOC(=O)c1ccc(NC(=O)C(C)(C)C(=O)NCc2ccc(C)cc2)cc1. The lowest BCUT2D eigenvalue weighted by Crippen LogP contribution is -2.44. The van der Waals surface area contributed by atoms with Gasteiger partial charge in [-0.2, -0.15) is 0 Å². The minimum absolute atomic E-state index is 0.295. The summed E-state index contributed by atoms with van der Waals surface area (Å²) in [6.45, 7) is 7.51. The van der Waals surface area contributed by atoms with E-state index >= 15 is 0 Å². The van der Waals surface area contributed by atoms with Crippen LogP contribution in [0.15, 0.2) is 48.5 Å². The first kappa shape index (κ1) is 21.2. The summed E-state index contributed by atoms with van der Waals surface area (Å²) < 4.78 is 4.93. The Balaban J connectivity index is 1.96. The van der Waals surface area contributed by atoms with E-state index in [2.05, 4.69) is 10.6 Å². The molecule has 2 aromatic carbocycles. The minimum Gasteiger partial charge on any atom is -0.462 e. The van der Waals surface area contributed by atoms with Crippen molar-refractivity contribution in [1.29, 1.82) is 0 Å². The van der Waals surface area contributed by atoms with Gasteiger partial charge in [-0.1, -0.05) is 29.8 Å². The molecular formula is C22H26N2O4. The average molecular weight is 382 g/mol. The van der Waals surface area contributed by atoms with Gasteiger partial charge in [-0.15, -0.1) is 0 Å². The summed E-state index contributed by atoms with van der Waals surface area (Å²) in [4.78, 5) is 36.8. The summed E-state index contributed by atoms with van der Waals surface area (Å²) in [6, 6.07) is 14.2. The van der Waals surface area contributed by atoms with E-state index in [1.807, 2.05) is 31.2 Å². The molecule has 0 radical (unpaired) electrons. The molecule has 0 fully saturated rings. The Labute approximate surface area is 165 Å². The third kappa shape index (κ3) is 5.42. The van der Waals surface area contributed by atoms with Crippen LogP contribution in [0.25, 0.3) is 0 Å². The Morgan fingerprint density at radius 2 is 1.54 bits per heavy atom. The maximum absolute atomic E-state index is 12.6. The van der Waals surface area contributed by atoms with Gasteiger partial charge >= 0.3 is 5.97 Å². The largest absolute Gasteiger partial charge is 0.462 e. The second-order valence-electron chi connectivity index (χ2n) is 7.05. The third-order valence-electron chi connectivity index (χ3n) is 4.36. The highest BCUT2D eigenvalue weighted by Gasteiger charge is 2.35. The van der Waals surface area contributed by atoms with Crippen LogP contribution in [0, 0.1) is 12.3 Å². The van der Waals surface area contributed by atoms with Crippen LogP contribution in [-0.4, -0.2) is 24.4 Å². The lowest BCUT2D eigenvalue weighted by molar-refractivity contribution is -0.138. The van der Waals surface area contributed by atoms with Crippen molar-refractivity contribution in [2.45, 2.75) is 34.2 Å². The van der Waals surface area contributed by atoms with Crippen molar-refractivity contribution in [3.63, 3.8) is 0 Å². The molecule has 0 unspecified atom stereocenters. The number of hydrogen-bond donors (Lipinski definition) is 2. The van der Waals surface area contributed by atoms with E-state index in [9.17, 15) is 14.4 Å². The Hall–Kier alpha value is -3.15. The molecule has 0 saturated carbocycles. The number of anilines is 1. The number of carbonyl (C=O) groups is 3. The highest BCUT2D eigenvalue weighted by Crippen LogP contribution is 2.20. The van der Waals surface area contributed by atoms with Crippen LogP contribution >= 0.6 is 0 Å². The first-order valence-electron chi connectivity index (χ1n) is 9.16. The van der Waals surface area contributed by atoms with Gasteiger partial charge in [0.05, 0.1) is 12.2 Å². The predicted molar refractivity (Wildman–Crippen MR) is 108 cm³/mol. The van der Waals surface area contributed by atoms with Crippen molar-refractivity contribution in [3.8, 4) is 0 Å². The molecule has 2 rings (SSSR count). The second-order valence-corrected chi connectivity index (χ2v) is 7.05. The standard InChI is InChI=1S/C22H26N2O4/c1-5-28-19(25)17-10-12-18(13-11-17)24-21(27)22(3,4)20(26)23-14-16-8-6-15(2)7-9-16/h6-13H,5,14H2,1-4H3,(H,23,26)(H,24,27). The van der Waals surface area contributed by atoms with E-state index in [-0.39, 0.29) is 5.91 Å². The van der Waals surface area contributed by atoms with Crippen molar-refractivity contribution < 1.29 is 19.1 Å². The average Bonchev–Trinajstić information content (AvgIpc) is 2.68. The van der Waals surface area contributed by atoms with Gasteiger partial charge in [-0.3, -0.25) is 9.59 Å². The molecule has 0 atom stereocenters. The Morgan fingerprint density at radius 1 is 0.929 bits per heavy atom. The molecule has 6 heteroatoms. The Morgan fingerprint density at radius 3 is 2.11 bits per heavy atom. The molecule has 0 spiro atoms. The van der Waals surface area contributed by atoms with Crippen molar-refractivity contribution in [1.82, 2.24) is 5.32 Å². The highest BCUT2D eigenvalue weighted by atomic mass is 16.5. The van der Waals surface area contributed by atoms with E-state index in [1.165, 1.54) is 0 Å². The molecule has 28 heavy (non-hydrogen) atoms. The zero-order valence-corrected chi connectivity index (χ0v) is 16.7. The van der Waals surface area contributed by atoms with Gasteiger partial charge < -0.3 is 15.4 Å². The van der Waals surface area contributed by atoms with E-state index in [0.717, 1.165) is 11.1 Å². The quantitative estimate of drug-likeness (QED) is 0.567. The summed E-state index contributed by atoms with van der Waals surface area (Å²) in [5.41, 5.74) is 1.74. The second kappa shape index (κ2) is 9.17. The molecule has 0 aliphatic carbocycles. The summed E-state index contributed by atoms with van der Waals surface area (Å²) in [6.07, 6.45) is 0. The maximum Gasteiger partial charge on any atom is 0.338 e. The molecule has 0 bridgehead atoms. The predicted octanol–water partition coefficient (Wildman–Crippen LogP) is 3.45. The molecule has 0 saturated heterocycles. The number of amides is 2. The monoisotopic (exact) mass is 382 g/mol. The Bertz CT molecular complexity index is 840. The van der Waals surface area contributed by atoms with Crippen LogP contribution in [0.5, 0.6) is 0 Å². The molecule has 0 aliphatic heterocycles. The van der Waals surface area contributed by atoms with Gasteiger partial charge in [0, 0.05) is 12.2 Å². The van der Waals surface area contributed by atoms with Crippen LogP contribution in [-0.2, 0) is 20.9 Å². The molecular weight excluding hydrogens is 356 g/mol. The smallest absolute Gasteiger partial charge is 0.338 e. The normalized spacial score (nSPS) is 10.9. The van der Waals surface area contributed by atoms with Crippen LogP contribution in [0.2, 0.25) is 0 Å². The molecule has 0 aromatic heterocycles. The van der Waals surface area contributed by atoms with E-state index in [0.29, 0.717) is 24.4 Å². The summed E-state index contributed by atoms with van der Waals surface area (Å²) in [5.74, 6) is -1.22. The zero-order chi connectivity index (χ0) is 20.7. The van der Waals surface area contributed by atoms with Crippen molar-refractivity contribution in [2.24, 2.45) is 5.41 Å². The Kier molecular flexibility index (Phi) is 6.93. The third-order valence-corrected chi connectivity index (χ3v) is 4.36. The summed E-state index contributed by atoms with van der Waals surface area (Å²) in [5, 5.41) is 5.52. The number of carbonyl (C=O) groups excluding carboxylic acids is 3. The van der Waals surface area contributed by atoms with Crippen molar-refractivity contribution in [2.75, 3.05) is 11.9 Å². The van der Waals surface area contributed by atoms with E-state index in [1.54, 1.807) is 45.0 Å². The highest BCUT2D eigenvalue weighted by molar-refractivity contribution is 6.09. The number of hydrogen-bond acceptors (Lipinski definition) is 4. The van der Waals surface area contributed by atoms with E-state index < -0.39 is 17.3 Å². The topological polar surface area (TPSA) is 84.5 Å². The molecule has 0 heterocycles. The summed E-state index contributed by atoms with van der Waals surface area (Å²) in [7, 11) is 0. The number of ether oxygens (including phenoxy) is 1. The number of rotatable bonds is 7. The first-order valence-corrected chi connectivity index (χ1v) is 9.16. The fraction of sp³-hybridized carbons (Fsp3) is 0.318. The molecule has 6 nitrogen and oxygen atoms in total. The van der Waals surface area contributed by atoms with E-state index in [4.69, 9.17) is 4.74 Å². The van der Waals surface area contributed by atoms with Crippen LogP contribution in [0.3, 0.4) is 0 Å². The summed E-state index contributed by atoms with van der Waals surface area (Å²) >= 11 is 0. The van der Waals surface area contributed by atoms with Crippen LogP contribution in [0.4, 0.5) is 5.69 Å². The van der Waals surface area contributed by atoms with Gasteiger partial charge in [0.1, 0.15) is 5.41 Å². The van der Waals surface area contributed by atoms with Crippen LogP contribution in [0.1, 0.15) is 42.3 Å². The number of benzene rings is 2. The fourth-order valence-electron chi connectivity index (χ4n) is 2.40. The number of nitrogens with one attached hydrogen (secondary N) is 2. The van der Waals surface area contributed by atoms with Crippen LogP contribution < -0.4 is 10.6 Å². The molecule has 2 aromatic rings. The van der Waals surface area contributed by atoms with Crippen molar-refractivity contribution >= 4 is 23.5 Å². The van der Waals surface area contributed by atoms with Gasteiger partial charge in [0.25, 0.3) is 0 Å². The lowest BCUT2D eigenvalue weighted by atomic mass is 9.90. The minimum atomic E-state index is -1.26. The lowest BCUT2D eigenvalue weighted by Gasteiger charge is -2.23. The molecule has 2 amide bonds. The number of aryl methyl sites for hydroxylation is 1. The molecule has 148 valence electrons. The maximum atomic E-state index is 12.6. The number of esters is 1. The zero-order valence-electron chi connectivity index (χ0n) is 16.7. The van der Waals surface area contributed by atoms with Gasteiger partial charge in [0.15, 0.2) is 0 Å². The van der Waals surface area contributed by atoms with Gasteiger partial charge in [0.2, 0.25) is 11.8 Å². The van der Waals surface area contributed by atoms with Crippen molar-refractivity contribution in [3.05, 3.63) is 65.2 Å². The van der Waals surface area contributed by atoms with Gasteiger partial charge in [-0.25, -0.2) is 4.79 Å². The van der Waals surface area contributed by atoms with Gasteiger partial charge in [-0.05, 0) is 57.5 Å². The molecule has 2 N–H and O–H groups in total. The molecule has 0 aliphatic rings. The first-order chi connectivity index (χ1) is 13.2. The fourth-order valence-corrected chi connectivity index (χ4v) is 2.40.